The number of benzene rings is 1. The molecule has 0 bridgehead atoms. The summed E-state index contributed by atoms with van der Waals surface area (Å²) in [5.74, 6) is -0.537. The number of hydrogen-bond acceptors (Lipinski definition) is 8. The van der Waals surface area contributed by atoms with Gasteiger partial charge in [-0.25, -0.2) is 9.78 Å². The number of carbonyl (C=O) groups excluding carboxylic acids is 2. The zero-order chi connectivity index (χ0) is 20.5. The van der Waals surface area contributed by atoms with Crippen LogP contribution in [-0.2, 0) is 4.74 Å². The molecular formula is C18H18N6O5. The molecule has 0 N–H and O–H groups in total. The average Bonchev–Trinajstić information content (AvgIpc) is 3.00. The van der Waals surface area contributed by atoms with Crippen molar-refractivity contribution in [1.82, 2.24) is 19.8 Å². The van der Waals surface area contributed by atoms with Crippen LogP contribution in [0.1, 0.15) is 22.4 Å². The van der Waals surface area contributed by atoms with Gasteiger partial charge in [-0.2, -0.15) is 0 Å². The molecule has 0 aliphatic carbocycles. The Morgan fingerprint density at radius 1 is 1.21 bits per heavy atom. The first-order valence-electron chi connectivity index (χ1n) is 8.98. The lowest BCUT2D eigenvalue weighted by molar-refractivity contribution is -0.384. The van der Waals surface area contributed by atoms with E-state index < -0.39 is 23.2 Å². The Hall–Kier alpha value is -3.60. The molecule has 2 aliphatic rings. The van der Waals surface area contributed by atoms with Crippen molar-refractivity contribution in [3.63, 3.8) is 0 Å². The molecule has 2 aromatic rings. The van der Waals surface area contributed by atoms with Crippen LogP contribution in [0, 0.1) is 10.1 Å². The van der Waals surface area contributed by atoms with Gasteiger partial charge in [0.15, 0.2) is 5.69 Å². The van der Waals surface area contributed by atoms with Gasteiger partial charge in [0.25, 0.3) is 11.6 Å². The second-order valence-electron chi connectivity index (χ2n) is 6.77. The standard InChI is InChI=1S/C18H18N6O5/c1-21-7-9-22(10-8-21)18(26)29-17-15-14(19-5-6-20-15)16(25)23(17)12-3-2-4-13(11-12)24(27)28/h2-6,11,17H,7-10H2,1H3. The normalized spacial score (nSPS) is 19.2. The minimum absolute atomic E-state index is 0.0511. The van der Waals surface area contributed by atoms with Crippen molar-refractivity contribution in [2.24, 2.45) is 0 Å². The smallest absolute Gasteiger partial charge is 0.412 e. The number of hydrogen-bond donors (Lipinski definition) is 0. The zero-order valence-electron chi connectivity index (χ0n) is 15.6. The minimum Gasteiger partial charge on any atom is -0.419 e. The highest BCUT2D eigenvalue weighted by molar-refractivity contribution is 6.09. The number of carbonyl (C=O) groups is 2. The second kappa shape index (κ2) is 7.43. The number of nitro groups is 1. The molecule has 1 saturated heterocycles. The molecule has 150 valence electrons. The molecule has 3 heterocycles. The maximum Gasteiger partial charge on any atom is 0.412 e. The van der Waals surface area contributed by atoms with Crippen molar-refractivity contribution in [3.05, 3.63) is 58.2 Å². The third-order valence-corrected chi connectivity index (χ3v) is 4.91. The summed E-state index contributed by atoms with van der Waals surface area (Å²) >= 11 is 0. The Morgan fingerprint density at radius 3 is 2.66 bits per heavy atom. The molecule has 0 radical (unpaired) electrons. The van der Waals surface area contributed by atoms with Gasteiger partial charge >= 0.3 is 6.09 Å². The molecule has 1 aromatic heterocycles. The van der Waals surface area contributed by atoms with Crippen LogP contribution in [0.15, 0.2) is 36.7 Å². The number of likely N-dealkylation sites (N-methyl/N-ethyl adjacent to an activating group) is 1. The summed E-state index contributed by atoms with van der Waals surface area (Å²) in [7, 11) is 1.97. The van der Waals surface area contributed by atoms with Gasteiger partial charge in [0.05, 0.1) is 10.6 Å². The average molecular weight is 398 g/mol. The van der Waals surface area contributed by atoms with Gasteiger partial charge in [0.2, 0.25) is 6.23 Å². The monoisotopic (exact) mass is 398 g/mol. The highest BCUT2D eigenvalue weighted by Crippen LogP contribution is 2.37. The molecule has 1 aromatic carbocycles. The van der Waals surface area contributed by atoms with Gasteiger partial charge in [0, 0.05) is 50.7 Å². The van der Waals surface area contributed by atoms with E-state index in [0.717, 1.165) is 0 Å². The van der Waals surface area contributed by atoms with Crippen molar-refractivity contribution >= 4 is 23.4 Å². The van der Waals surface area contributed by atoms with E-state index in [4.69, 9.17) is 4.74 Å². The van der Waals surface area contributed by atoms with Gasteiger partial charge in [-0.05, 0) is 13.1 Å². The molecular weight excluding hydrogens is 380 g/mol. The van der Waals surface area contributed by atoms with E-state index in [1.54, 1.807) is 4.90 Å². The van der Waals surface area contributed by atoms with E-state index in [-0.39, 0.29) is 22.8 Å². The summed E-state index contributed by atoms with van der Waals surface area (Å²) < 4.78 is 5.65. The highest BCUT2D eigenvalue weighted by atomic mass is 16.6. The molecule has 0 saturated carbocycles. The number of rotatable bonds is 3. The third-order valence-electron chi connectivity index (χ3n) is 4.91. The Labute approximate surface area is 165 Å². The van der Waals surface area contributed by atoms with Crippen LogP contribution in [0.4, 0.5) is 16.2 Å². The quantitative estimate of drug-likeness (QED) is 0.562. The number of non-ortho nitro benzene ring substituents is 1. The van der Waals surface area contributed by atoms with E-state index in [1.807, 2.05) is 7.05 Å². The summed E-state index contributed by atoms with van der Waals surface area (Å²) in [5, 5.41) is 11.1. The predicted molar refractivity (Wildman–Crippen MR) is 100 cm³/mol. The van der Waals surface area contributed by atoms with Gasteiger partial charge in [-0.3, -0.25) is 24.8 Å². The number of aromatic nitrogens is 2. The van der Waals surface area contributed by atoms with Crippen LogP contribution in [0.2, 0.25) is 0 Å². The summed E-state index contributed by atoms with van der Waals surface area (Å²) in [6.45, 7) is 2.42. The number of nitro benzene ring substituents is 1. The number of nitrogens with zero attached hydrogens (tertiary/aromatic N) is 6. The third kappa shape index (κ3) is 3.47. The summed E-state index contributed by atoms with van der Waals surface area (Å²) in [6.07, 6.45) is 1.04. The van der Waals surface area contributed by atoms with E-state index in [1.165, 1.54) is 41.6 Å². The fourth-order valence-corrected chi connectivity index (χ4v) is 3.31. The zero-order valence-corrected chi connectivity index (χ0v) is 15.6. The van der Waals surface area contributed by atoms with Crippen LogP contribution in [0.25, 0.3) is 0 Å². The van der Waals surface area contributed by atoms with Crippen LogP contribution < -0.4 is 4.90 Å². The summed E-state index contributed by atoms with van der Waals surface area (Å²) in [4.78, 5) is 49.3. The Kier molecular flexibility index (Phi) is 4.80. The summed E-state index contributed by atoms with van der Waals surface area (Å²) in [6, 6.07) is 5.57. The molecule has 2 amide bonds. The maximum absolute atomic E-state index is 12.9. The first-order chi connectivity index (χ1) is 14.0. The molecule has 2 aliphatic heterocycles. The second-order valence-corrected chi connectivity index (χ2v) is 6.77. The van der Waals surface area contributed by atoms with E-state index >= 15 is 0 Å². The van der Waals surface area contributed by atoms with Crippen molar-refractivity contribution < 1.29 is 19.2 Å². The van der Waals surface area contributed by atoms with Crippen molar-refractivity contribution in [3.8, 4) is 0 Å². The first kappa shape index (κ1) is 18.7. The van der Waals surface area contributed by atoms with E-state index in [2.05, 4.69) is 14.9 Å². The van der Waals surface area contributed by atoms with Gasteiger partial charge < -0.3 is 14.5 Å². The fraction of sp³-hybridized carbons (Fsp3) is 0.333. The molecule has 11 heteroatoms. The number of ether oxygens (including phenoxy) is 1. The SMILES string of the molecule is CN1CCN(C(=O)OC2c3nccnc3C(=O)N2c2cccc([N+](=O)[O-])c2)CC1. The molecule has 1 fully saturated rings. The molecule has 11 nitrogen and oxygen atoms in total. The van der Waals surface area contributed by atoms with Crippen LogP contribution in [0.3, 0.4) is 0 Å². The summed E-state index contributed by atoms with van der Waals surface area (Å²) in [5.41, 5.74) is 0.290. The Bertz CT molecular complexity index is 975. The number of amides is 2. The number of anilines is 1. The molecule has 0 spiro atoms. The molecule has 1 atom stereocenters. The fourth-order valence-electron chi connectivity index (χ4n) is 3.31. The van der Waals surface area contributed by atoms with Gasteiger partial charge in [-0.1, -0.05) is 6.07 Å². The van der Waals surface area contributed by atoms with Crippen LogP contribution in [0.5, 0.6) is 0 Å². The number of piperazine rings is 1. The predicted octanol–water partition coefficient (Wildman–Crippen LogP) is 1.43. The van der Waals surface area contributed by atoms with E-state index in [0.29, 0.717) is 26.2 Å². The van der Waals surface area contributed by atoms with Gasteiger partial charge in [-0.15, -0.1) is 0 Å². The molecule has 29 heavy (non-hydrogen) atoms. The van der Waals surface area contributed by atoms with Crippen LogP contribution >= 0.6 is 0 Å². The first-order valence-corrected chi connectivity index (χ1v) is 8.98. The molecule has 4 rings (SSSR count). The van der Waals surface area contributed by atoms with E-state index in [9.17, 15) is 19.7 Å². The highest BCUT2D eigenvalue weighted by Gasteiger charge is 2.44. The lowest BCUT2D eigenvalue weighted by Gasteiger charge is -2.33. The maximum atomic E-state index is 12.9. The largest absolute Gasteiger partial charge is 0.419 e. The number of fused-ring (bicyclic) bond motifs is 1. The Balaban J connectivity index is 1.66. The van der Waals surface area contributed by atoms with Crippen LogP contribution in [-0.4, -0.2) is 69.9 Å². The lowest BCUT2D eigenvalue weighted by Crippen LogP contribution is -2.48. The Morgan fingerprint density at radius 2 is 1.93 bits per heavy atom. The van der Waals surface area contributed by atoms with Gasteiger partial charge in [0.1, 0.15) is 5.69 Å². The minimum atomic E-state index is -1.15. The van der Waals surface area contributed by atoms with Crippen molar-refractivity contribution in [2.45, 2.75) is 6.23 Å². The topological polar surface area (TPSA) is 122 Å². The lowest BCUT2D eigenvalue weighted by atomic mass is 10.2. The van der Waals surface area contributed by atoms with Crippen molar-refractivity contribution in [1.29, 1.82) is 0 Å². The van der Waals surface area contributed by atoms with Crippen molar-refractivity contribution in [2.75, 3.05) is 38.1 Å². The molecule has 1 unspecified atom stereocenters.